The van der Waals surface area contributed by atoms with E-state index in [2.05, 4.69) is 0 Å². The Morgan fingerprint density at radius 3 is 2.47 bits per heavy atom. The second-order valence-corrected chi connectivity index (χ2v) is 5.25. The highest BCUT2D eigenvalue weighted by atomic mass is 32.2. The van der Waals surface area contributed by atoms with Crippen LogP contribution in [0.5, 0.6) is 5.75 Å². The van der Waals surface area contributed by atoms with Crippen LogP contribution in [0.3, 0.4) is 0 Å². The zero-order chi connectivity index (χ0) is 13.8. The molecule has 0 radical (unpaired) electrons. The monoisotopic (exact) mass is 275 g/mol. The summed E-state index contributed by atoms with van der Waals surface area (Å²) < 4.78 is 1.99. The summed E-state index contributed by atoms with van der Waals surface area (Å²) in [4.78, 5) is 12.9. The number of hydrogen-bond acceptors (Lipinski definition) is 3. The van der Waals surface area contributed by atoms with Crippen molar-refractivity contribution in [2.75, 3.05) is 0 Å². The van der Waals surface area contributed by atoms with Crippen LogP contribution in [0, 0.1) is 0 Å². The van der Waals surface area contributed by atoms with Gasteiger partial charge in [0.1, 0.15) is 0 Å². The fourth-order valence-corrected chi connectivity index (χ4v) is 3.11. The summed E-state index contributed by atoms with van der Waals surface area (Å²) >= 11 is 1.54. The third-order valence-electron chi connectivity index (χ3n) is 2.97. The second kappa shape index (κ2) is 5.97. The van der Waals surface area contributed by atoms with Crippen LogP contribution in [0.4, 0.5) is 0 Å². The molecular formula is C15H17NO2S. The van der Waals surface area contributed by atoms with Crippen molar-refractivity contribution in [2.24, 2.45) is 0 Å². The number of nitrogens with zero attached hydrogens (tertiary/aromatic N) is 1. The molecule has 0 bridgehead atoms. The summed E-state index contributed by atoms with van der Waals surface area (Å²) in [5.41, 5.74) is 0.397. The molecule has 100 valence electrons. The zero-order valence-corrected chi connectivity index (χ0v) is 11.9. The fraction of sp³-hybridized carbons (Fsp3) is 0.267. The van der Waals surface area contributed by atoms with Crippen molar-refractivity contribution < 1.29 is 5.11 Å². The standard InChI is InChI=1S/C15H17NO2S/c1-3-12-15(18)13(17)10-14(16(12)4-2)19-11-8-6-5-7-9-11/h5-10,18H,3-4H2,1-2H3. The van der Waals surface area contributed by atoms with Gasteiger partial charge in [-0.25, -0.2) is 0 Å². The van der Waals surface area contributed by atoms with Gasteiger partial charge in [0.25, 0.3) is 0 Å². The highest BCUT2D eigenvalue weighted by Gasteiger charge is 2.13. The first-order valence-corrected chi connectivity index (χ1v) is 7.17. The Balaban J connectivity index is 2.51. The molecule has 3 nitrogen and oxygen atoms in total. The van der Waals surface area contributed by atoms with E-state index in [1.165, 1.54) is 6.07 Å². The van der Waals surface area contributed by atoms with Crippen molar-refractivity contribution in [2.45, 2.75) is 36.7 Å². The van der Waals surface area contributed by atoms with Crippen LogP contribution in [0.25, 0.3) is 0 Å². The first-order chi connectivity index (χ1) is 9.17. The summed E-state index contributed by atoms with van der Waals surface area (Å²) in [6.45, 7) is 4.68. The smallest absolute Gasteiger partial charge is 0.224 e. The van der Waals surface area contributed by atoms with E-state index in [9.17, 15) is 9.90 Å². The molecule has 0 fully saturated rings. The van der Waals surface area contributed by atoms with E-state index in [4.69, 9.17) is 0 Å². The molecule has 0 amide bonds. The Kier molecular flexibility index (Phi) is 4.32. The summed E-state index contributed by atoms with van der Waals surface area (Å²) in [6.07, 6.45) is 0.637. The van der Waals surface area contributed by atoms with Gasteiger partial charge in [-0.05, 0) is 25.5 Å². The van der Waals surface area contributed by atoms with Crippen LogP contribution < -0.4 is 5.43 Å². The maximum atomic E-state index is 11.8. The third kappa shape index (κ3) is 2.84. The van der Waals surface area contributed by atoms with Crippen LogP contribution in [-0.2, 0) is 13.0 Å². The number of aromatic nitrogens is 1. The Morgan fingerprint density at radius 2 is 1.89 bits per heavy atom. The normalized spacial score (nSPS) is 10.6. The van der Waals surface area contributed by atoms with E-state index in [0.717, 1.165) is 16.5 Å². The minimum atomic E-state index is -0.306. The SMILES string of the molecule is CCc1c(O)c(=O)cc(Sc2ccccc2)n1CC. The van der Waals surface area contributed by atoms with Gasteiger partial charge in [0, 0.05) is 17.5 Å². The summed E-state index contributed by atoms with van der Waals surface area (Å²) in [7, 11) is 0. The molecule has 2 aromatic rings. The summed E-state index contributed by atoms with van der Waals surface area (Å²) in [6, 6.07) is 11.4. The van der Waals surface area contributed by atoms with Crippen LogP contribution in [0.2, 0.25) is 0 Å². The molecule has 19 heavy (non-hydrogen) atoms. The average molecular weight is 275 g/mol. The van der Waals surface area contributed by atoms with Gasteiger partial charge in [0.2, 0.25) is 5.43 Å². The lowest BCUT2D eigenvalue weighted by Crippen LogP contribution is -2.14. The fourth-order valence-electron chi connectivity index (χ4n) is 2.06. The number of pyridine rings is 1. The Morgan fingerprint density at radius 1 is 1.21 bits per heavy atom. The first kappa shape index (κ1) is 13.7. The molecule has 1 aromatic heterocycles. The predicted molar refractivity (Wildman–Crippen MR) is 78.0 cm³/mol. The van der Waals surface area contributed by atoms with Gasteiger partial charge >= 0.3 is 0 Å². The molecule has 0 aliphatic heterocycles. The van der Waals surface area contributed by atoms with Crippen LogP contribution in [0.15, 0.2) is 51.1 Å². The minimum Gasteiger partial charge on any atom is -0.503 e. The maximum Gasteiger partial charge on any atom is 0.224 e. The van der Waals surface area contributed by atoms with Gasteiger partial charge in [-0.2, -0.15) is 0 Å². The van der Waals surface area contributed by atoms with Gasteiger partial charge in [-0.15, -0.1) is 0 Å². The van der Waals surface area contributed by atoms with Crippen molar-refractivity contribution in [3.8, 4) is 5.75 Å². The molecule has 2 rings (SSSR count). The van der Waals surface area contributed by atoms with E-state index < -0.39 is 0 Å². The van der Waals surface area contributed by atoms with Crippen molar-refractivity contribution >= 4 is 11.8 Å². The molecule has 4 heteroatoms. The highest BCUT2D eigenvalue weighted by Crippen LogP contribution is 2.29. The number of aromatic hydroxyl groups is 1. The highest BCUT2D eigenvalue weighted by molar-refractivity contribution is 7.99. The van der Waals surface area contributed by atoms with E-state index in [-0.39, 0.29) is 11.2 Å². The molecule has 0 spiro atoms. The van der Waals surface area contributed by atoms with Crippen LogP contribution >= 0.6 is 11.8 Å². The van der Waals surface area contributed by atoms with Gasteiger partial charge in [-0.3, -0.25) is 4.79 Å². The maximum absolute atomic E-state index is 11.8. The predicted octanol–water partition coefficient (Wildman–Crippen LogP) is 3.29. The molecule has 0 atom stereocenters. The van der Waals surface area contributed by atoms with E-state index in [0.29, 0.717) is 12.1 Å². The lowest BCUT2D eigenvalue weighted by Gasteiger charge is -2.16. The van der Waals surface area contributed by atoms with Crippen molar-refractivity contribution in [1.29, 1.82) is 0 Å². The van der Waals surface area contributed by atoms with Gasteiger partial charge in [0.05, 0.1) is 10.7 Å². The Labute approximate surface area is 116 Å². The molecule has 1 N–H and O–H groups in total. The Bertz CT molecular complexity index is 620. The molecule has 0 aliphatic rings. The average Bonchev–Trinajstić information content (AvgIpc) is 2.43. The van der Waals surface area contributed by atoms with Gasteiger partial charge < -0.3 is 9.67 Å². The third-order valence-corrected chi connectivity index (χ3v) is 4.03. The van der Waals surface area contributed by atoms with Gasteiger partial charge in [-0.1, -0.05) is 36.9 Å². The largest absolute Gasteiger partial charge is 0.503 e. The molecule has 0 saturated heterocycles. The number of hydrogen-bond donors (Lipinski definition) is 1. The zero-order valence-electron chi connectivity index (χ0n) is 11.1. The summed E-state index contributed by atoms with van der Waals surface area (Å²) in [5.74, 6) is -0.123. The molecular weight excluding hydrogens is 258 g/mol. The lowest BCUT2D eigenvalue weighted by atomic mass is 10.2. The molecule has 1 heterocycles. The van der Waals surface area contributed by atoms with Crippen LogP contribution in [0.1, 0.15) is 19.5 Å². The van der Waals surface area contributed by atoms with Crippen molar-refractivity contribution in [3.63, 3.8) is 0 Å². The van der Waals surface area contributed by atoms with E-state index in [1.54, 1.807) is 11.8 Å². The molecule has 0 unspecified atom stereocenters. The summed E-state index contributed by atoms with van der Waals surface area (Å²) in [5, 5.41) is 10.7. The molecule has 0 saturated carbocycles. The van der Waals surface area contributed by atoms with Crippen LogP contribution in [-0.4, -0.2) is 9.67 Å². The number of rotatable bonds is 4. The van der Waals surface area contributed by atoms with Crippen molar-refractivity contribution in [3.05, 3.63) is 52.3 Å². The lowest BCUT2D eigenvalue weighted by molar-refractivity contribution is 0.444. The minimum absolute atomic E-state index is 0.123. The van der Waals surface area contributed by atoms with E-state index >= 15 is 0 Å². The van der Waals surface area contributed by atoms with Gasteiger partial charge in [0.15, 0.2) is 5.75 Å². The molecule has 0 aliphatic carbocycles. The van der Waals surface area contributed by atoms with E-state index in [1.807, 2.05) is 48.7 Å². The Hall–Kier alpha value is -1.68. The van der Waals surface area contributed by atoms with Crippen molar-refractivity contribution in [1.82, 2.24) is 4.57 Å². The quantitative estimate of drug-likeness (QED) is 0.931. The first-order valence-electron chi connectivity index (χ1n) is 6.36. The molecule has 1 aromatic carbocycles. The number of benzene rings is 1. The topological polar surface area (TPSA) is 42.2 Å². The second-order valence-electron chi connectivity index (χ2n) is 4.16.